The molecule has 2 nitrogen and oxygen atoms in total. The minimum absolute atomic E-state index is 0. The predicted molar refractivity (Wildman–Crippen MR) is 90.0 cm³/mol. The second-order valence-corrected chi connectivity index (χ2v) is 6.11. The minimum Gasteiger partial charge on any atom is -0.412 e. The highest BCUT2D eigenvalue weighted by atomic mass is 16.3. The Morgan fingerprint density at radius 1 is 1.15 bits per heavy atom. The molecule has 0 amide bonds. The first-order chi connectivity index (χ1) is 9.12. The molecule has 3 fully saturated rings. The number of rotatable bonds is 2. The molecule has 3 aliphatic carbocycles. The highest BCUT2D eigenvalue weighted by molar-refractivity contribution is 5.00. The quantitative estimate of drug-likeness (QED) is 0.721. The van der Waals surface area contributed by atoms with Crippen molar-refractivity contribution in [3.63, 3.8) is 0 Å². The third kappa shape index (κ3) is 8.76. The van der Waals surface area contributed by atoms with Crippen LogP contribution in [0.1, 0.15) is 86.0 Å². The van der Waals surface area contributed by atoms with Crippen LogP contribution in [0.4, 0.5) is 0 Å². The van der Waals surface area contributed by atoms with Crippen molar-refractivity contribution in [2.75, 3.05) is 6.61 Å². The maximum atomic E-state index is 8.40. The van der Waals surface area contributed by atoms with Crippen molar-refractivity contribution < 1.29 is 10.6 Å². The van der Waals surface area contributed by atoms with Crippen molar-refractivity contribution >= 4 is 0 Å². The number of hydrogen-bond donors (Lipinski definition) is 1. The molecule has 0 atom stereocenters. The second kappa shape index (κ2) is 12.4. The van der Waals surface area contributed by atoms with E-state index < -0.39 is 0 Å². The molecule has 0 aliphatic heterocycles. The van der Waals surface area contributed by atoms with Crippen molar-refractivity contribution in [3.8, 4) is 0 Å². The first-order valence-electron chi connectivity index (χ1n) is 8.39. The maximum Gasteiger partial charge on any atom is 0.0639 e. The molecular formula is C18H38O2. The molecule has 0 saturated heterocycles. The monoisotopic (exact) mass is 286 g/mol. The van der Waals surface area contributed by atoms with Crippen LogP contribution in [0.25, 0.3) is 0 Å². The van der Waals surface area contributed by atoms with Gasteiger partial charge < -0.3 is 10.6 Å². The van der Waals surface area contributed by atoms with Gasteiger partial charge in [0.25, 0.3) is 0 Å². The van der Waals surface area contributed by atoms with Crippen molar-refractivity contribution in [2.24, 2.45) is 11.3 Å². The van der Waals surface area contributed by atoms with Gasteiger partial charge in [-0.05, 0) is 50.4 Å². The van der Waals surface area contributed by atoms with E-state index in [-0.39, 0.29) is 12.1 Å². The van der Waals surface area contributed by atoms with Gasteiger partial charge in [0.15, 0.2) is 0 Å². The Bertz CT molecular complexity index is 233. The summed E-state index contributed by atoms with van der Waals surface area (Å²) in [5.74, 6) is 1.16. The minimum atomic E-state index is 0. The molecule has 3 N–H and O–H groups in total. The summed E-state index contributed by atoms with van der Waals surface area (Å²) in [5, 5.41) is 8.40. The van der Waals surface area contributed by atoms with E-state index in [1.807, 2.05) is 26.8 Å². The van der Waals surface area contributed by atoms with Crippen molar-refractivity contribution in [3.05, 3.63) is 11.6 Å². The van der Waals surface area contributed by atoms with Crippen molar-refractivity contribution in [1.82, 2.24) is 0 Å². The molecule has 122 valence electrons. The Morgan fingerprint density at radius 3 is 1.60 bits per heavy atom. The first-order valence-corrected chi connectivity index (χ1v) is 8.39. The zero-order chi connectivity index (χ0) is 14.7. The Morgan fingerprint density at radius 2 is 1.55 bits per heavy atom. The zero-order valence-corrected chi connectivity index (χ0v) is 14.5. The normalized spacial score (nSPS) is 28.1. The van der Waals surface area contributed by atoms with E-state index in [2.05, 4.69) is 13.8 Å². The molecule has 0 bridgehead atoms. The average Bonchev–Trinajstić information content (AvgIpc) is 3.30. The highest BCUT2D eigenvalue weighted by Crippen LogP contribution is 2.60. The molecule has 3 aliphatic rings. The van der Waals surface area contributed by atoms with Gasteiger partial charge in [0.2, 0.25) is 0 Å². The van der Waals surface area contributed by atoms with E-state index in [0.29, 0.717) is 0 Å². The largest absolute Gasteiger partial charge is 0.412 e. The van der Waals surface area contributed by atoms with Gasteiger partial charge in [-0.1, -0.05) is 58.6 Å². The molecule has 0 unspecified atom stereocenters. The number of hydrogen-bond acceptors (Lipinski definition) is 1. The Balaban J connectivity index is 0. The maximum absolute atomic E-state index is 8.40. The molecule has 0 aromatic carbocycles. The molecule has 0 spiro atoms. The van der Waals surface area contributed by atoms with Gasteiger partial charge in [-0.3, -0.25) is 0 Å². The van der Waals surface area contributed by atoms with E-state index in [4.69, 9.17) is 5.11 Å². The standard InChI is InChI=1S/C7H12.C6H12O.C3H6.C2H6.H2O/c1-7-4-2-6(7)3-5-7;1-3-4-6(2)5-7;1-2-3-1;1-2;/h6H,2-5H2,1H3;4,7H,3,5H2,1-2H3;1-3H2;1-2H3;1H2/b;6-4+;;;. The third-order valence-corrected chi connectivity index (χ3v) is 4.27. The summed E-state index contributed by atoms with van der Waals surface area (Å²) < 4.78 is 0. The van der Waals surface area contributed by atoms with Gasteiger partial charge in [0.1, 0.15) is 0 Å². The average molecular weight is 286 g/mol. The molecule has 0 aromatic rings. The Kier molecular flexibility index (Phi) is 13.6. The van der Waals surface area contributed by atoms with Gasteiger partial charge in [-0.15, -0.1) is 0 Å². The summed E-state index contributed by atoms with van der Waals surface area (Å²) in [5.41, 5.74) is 1.92. The van der Waals surface area contributed by atoms with Gasteiger partial charge in [0.05, 0.1) is 6.61 Å². The summed E-state index contributed by atoms with van der Waals surface area (Å²) in [7, 11) is 0. The van der Waals surface area contributed by atoms with Crippen LogP contribution in [0.5, 0.6) is 0 Å². The third-order valence-electron chi connectivity index (χ3n) is 4.27. The molecule has 0 aromatic heterocycles. The fourth-order valence-electron chi connectivity index (χ4n) is 2.36. The topological polar surface area (TPSA) is 51.7 Å². The van der Waals surface area contributed by atoms with Crippen LogP contribution in [-0.4, -0.2) is 17.2 Å². The number of allylic oxidation sites excluding steroid dienone is 1. The lowest BCUT2D eigenvalue weighted by molar-refractivity contribution is -0.0561. The molecule has 0 heterocycles. The number of fused-ring (bicyclic) bond motifs is 1. The lowest BCUT2D eigenvalue weighted by Crippen LogP contribution is -2.45. The van der Waals surface area contributed by atoms with Crippen LogP contribution in [0, 0.1) is 11.3 Å². The van der Waals surface area contributed by atoms with Gasteiger partial charge in [-0.25, -0.2) is 0 Å². The lowest BCUT2D eigenvalue weighted by Gasteiger charge is -2.56. The molecule has 20 heavy (non-hydrogen) atoms. The predicted octanol–water partition coefficient (Wildman–Crippen LogP) is 4.90. The van der Waals surface area contributed by atoms with Crippen molar-refractivity contribution in [2.45, 2.75) is 86.0 Å². The summed E-state index contributed by atoms with van der Waals surface area (Å²) >= 11 is 0. The van der Waals surface area contributed by atoms with Gasteiger partial charge >= 0.3 is 0 Å². The summed E-state index contributed by atoms with van der Waals surface area (Å²) in [4.78, 5) is 0. The fourth-order valence-corrected chi connectivity index (χ4v) is 2.36. The summed E-state index contributed by atoms with van der Waals surface area (Å²) in [6.45, 7) is 10.6. The second-order valence-electron chi connectivity index (χ2n) is 6.11. The van der Waals surface area contributed by atoms with E-state index in [9.17, 15) is 0 Å². The summed E-state index contributed by atoms with van der Waals surface area (Å²) in [6, 6.07) is 0. The smallest absolute Gasteiger partial charge is 0.0639 e. The van der Waals surface area contributed by atoms with E-state index in [1.54, 1.807) is 0 Å². The first kappa shape index (κ1) is 21.9. The SMILES string of the molecule is C1CC1.CC.CC/C=C(\C)CO.CC12CCC1CC2.O. The molecular weight excluding hydrogens is 248 g/mol. The zero-order valence-electron chi connectivity index (χ0n) is 14.5. The van der Waals surface area contributed by atoms with E-state index in [0.717, 1.165) is 23.3 Å². The van der Waals surface area contributed by atoms with Crippen LogP contribution in [-0.2, 0) is 0 Å². The molecule has 3 rings (SSSR count). The van der Waals surface area contributed by atoms with Crippen LogP contribution < -0.4 is 0 Å². The Hall–Kier alpha value is -0.340. The van der Waals surface area contributed by atoms with Crippen LogP contribution >= 0.6 is 0 Å². The van der Waals surface area contributed by atoms with Gasteiger partial charge in [0, 0.05) is 0 Å². The van der Waals surface area contributed by atoms with E-state index in [1.165, 1.54) is 44.9 Å². The van der Waals surface area contributed by atoms with Crippen molar-refractivity contribution in [1.29, 1.82) is 0 Å². The molecule has 3 saturated carbocycles. The lowest BCUT2D eigenvalue weighted by atomic mass is 9.49. The van der Waals surface area contributed by atoms with Crippen LogP contribution in [0.3, 0.4) is 0 Å². The van der Waals surface area contributed by atoms with Gasteiger partial charge in [-0.2, -0.15) is 0 Å². The van der Waals surface area contributed by atoms with E-state index >= 15 is 0 Å². The Labute approximate surface area is 127 Å². The highest BCUT2D eigenvalue weighted by Gasteiger charge is 2.49. The van der Waals surface area contributed by atoms with Crippen LogP contribution in [0.15, 0.2) is 11.6 Å². The van der Waals surface area contributed by atoms with Crippen LogP contribution in [0.2, 0.25) is 0 Å². The summed E-state index contributed by atoms with van der Waals surface area (Å²) in [6.07, 6.45) is 13.7. The molecule has 0 radical (unpaired) electrons. The number of aliphatic hydroxyl groups is 1. The molecule has 2 heteroatoms. The fraction of sp³-hybridized carbons (Fsp3) is 0.889. The number of aliphatic hydroxyl groups excluding tert-OH is 1.